The van der Waals surface area contributed by atoms with Crippen molar-refractivity contribution in [3.8, 4) is 11.1 Å². The Morgan fingerprint density at radius 1 is 1.00 bits per heavy atom. The van der Waals surface area contributed by atoms with Gasteiger partial charge < -0.3 is 20.3 Å². The molecular formula is C27H37ClN4O. The zero-order chi connectivity index (χ0) is 22.5. The molecule has 2 aliphatic heterocycles. The van der Waals surface area contributed by atoms with Crippen molar-refractivity contribution < 1.29 is 4.74 Å². The molecule has 3 aliphatic rings. The first-order chi connectivity index (χ1) is 16.2. The number of halogens is 1. The number of benzene rings is 1. The smallest absolute Gasteiger partial charge is 0.126 e. The van der Waals surface area contributed by atoms with Crippen molar-refractivity contribution in [2.24, 2.45) is 5.92 Å². The Balaban J connectivity index is 1.20. The molecule has 0 amide bonds. The predicted octanol–water partition coefficient (Wildman–Crippen LogP) is 6.06. The number of likely N-dealkylation sites (tertiary alicyclic amines) is 1. The van der Waals surface area contributed by atoms with E-state index in [9.17, 15) is 0 Å². The SMILES string of the molecule is Clc1cnc(NC2CCC(N3CCCC3)CC2)cc1-c1cccc(NCC2CCOCC2)c1. The van der Waals surface area contributed by atoms with Crippen LogP contribution in [0.15, 0.2) is 36.5 Å². The molecular weight excluding hydrogens is 432 g/mol. The Labute approximate surface area is 203 Å². The highest BCUT2D eigenvalue weighted by Gasteiger charge is 2.27. The summed E-state index contributed by atoms with van der Waals surface area (Å²) in [5.41, 5.74) is 3.30. The minimum atomic E-state index is 0.498. The summed E-state index contributed by atoms with van der Waals surface area (Å²) in [6.45, 7) is 5.36. The van der Waals surface area contributed by atoms with Gasteiger partial charge in [0.05, 0.1) is 5.02 Å². The Morgan fingerprint density at radius 3 is 2.58 bits per heavy atom. The van der Waals surface area contributed by atoms with Crippen LogP contribution in [0.1, 0.15) is 51.4 Å². The minimum Gasteiger partial charge on any atom is -0.385 e. The lowest BCUT2D eigenvalue weighted by Gasteiger charge is -2.35. The molecule has 1 aromatic carbocycles. The molecule has 5 rings (SSSR count). The van der Waals surface area contributed by atoms with E-state index in [1.54, 1.807) is 6.20 Å². The van der Waals surface area contributed by atoms with Crippen LogP contribution in [0.25, 0.3) is 11.1 Å². The van der Waals surface area contributed by atoms with Crippen LogP contribution in [0.5, 0.6) is 0 Å². The molecule has 1 aromatic heterocycles. The Kier molecular flexibility index (Phi) is 7.70. The lowest BCUT2D eigenvalue weighted by molar-refractivity contribution is 0.0699. The second kappa shape index (κ2) is 11.1. The lowest BCUT2D eigenvalue weighted by Crippen LogP contribution is -2.38. The molecule has 3 heterocycles. The van der Waals surface area contributed by atoms with Crippen LogP contribution >= 0.6 is 11.6 Å². The van der Waals surface area contributed by atoms with Crippen molar-refractivity contribution in [3.63, 3.8) is 0 Å². The van der Waals surface area contributed by atoms with E-state index < -0.39 is 0 Å². The normalized spacial score (nSPS) is 24.6. The highest BCUT2D eigenvalue weighted by Crippen LogP contribution is 2.33. The van der Waals surface area contributed by atoms with Crippen LogP contribution in [-0.2, 0) is 4.74 Å². The maximum Gasteiger partial charge on any atom is 0.126 e. The van der Waals surface area contributed by atoms with Crippen molar-refractivity contribution in [1.29, 1.82) is 0 Å². The fourth-order valence-electron chi connectivity index (χ4n) is 5.65. The zero-order valence-corrected chi connectivity index (χ0v) is 20.3. The average Bonchev–Trinajstić information content (AvgIpc) is 3.40. The molecule has 5 nitrogen and oxygen atoms in total. The predicted molar refractivity (Wildman–Crippen MR) is 137 cm³/mol. The number of aromatic nitrogens is 1. The van der Waals surface area contributed by atoms with Crippen molar-refractivity contribution in [1.82, 2.24) is 9.88 Å². The first-order valence-corrected chi connectivity index (χ1v) is 13.2. The number of nitrogens with one attached hydrogen (secondary N) is 2. The van der Waals surface area contributed by atoms with E-state index in [1.807, 2.05) is 0 Å². The number of hydrogen-bond donors (Lipinski definition) is 2. The van der Waals surface area contributed by atoms with Crippen LogP contribution in [0.4, 0.5) is 11.5 Å². The number of rotatable bonds is 7. The van der Waals surface area contributed by atoms with E-state index >= 15 is 0 Å². The topological polar surface area (TPSA) is 49.4 Å². The molecule has 2 saturated heterocycles. The number of hydrogen-bond acceptors (Lipinski definition) is 5. The van der Waals surface area contributed by atoms with E-state index in [1.165, 1.54) is 51.6 Å². The molecule has 0 atom stereocenters. The third-order valence-electron chi connectivity index (χ3n) is 7.67. The van der Waals surface area contributed by atoms with Gasteiger partial charge in [-0.25, -0.2) is 4.98 Å². The second-order valence-electron chi connectivity index (χ2n) is 9.96. The first kappa shape index (κ1) is 22.9. The minimum absolute atomic E-state index is 0.498. The monoisotopic (exact) mass is 468 g/mol. The number of pyridine rings is 1. The fraction of sp³-hybridized carbons (Fsp3) is 0.593. The Hall–Kier alpha value is -1.82. The average molecular weight is 469 g/mol. The highest BCUT2D eigenvalue weighted by atomic mass is 35.5. The van der Waals surface area contributed by atoms with Crippen molar-refractivity contribution in [2.45, 2.75) is 63.5 Å². The zero-order valence-electron chi connectivity index (χ0n) is 19.6. The summed E-state index contributed by atoms with van der Waals surface area (Å²) in [7, 11) is 0. The van der Waals surface area contributed by atoms with E-state index in [-0.39, 0.29) is 0 Å². The third kappa shape index (κ3) is 6.00. The standard InChI is InChI=1S/C27H37ClN4O/c28-26-19-30-27(31-22-6-8-24(9-7-22)32-12-1-2-13-32)17-25(26)21-4-3-5-23(16-21)29-18-20-10-14-33-15-11-20/h3-5,16-17,19-20,22,24,29H,1-2,6-15,18H2,(H,30,31). The Morgan fingerprint density at radius 2 is 1.79 bits per heavy atom. The van der Waals surface area contributed by atoms with Gasteiger partial charge in [0.15, 0.2) is 0 Å². The summed E-state index contributed by atoms with van der Waals surface area (Å²) in [5.74, 6) is 1.61. The van der Waals surface area contributed by atoms with Gasteiger partial charge in [-0.2, -0.15) is 0 Å². The molecule has 0 spiro atoms. The first-order valence-electron chi connectivity index (χ1n) is 12.8. The van der Waals surface area contributed by atoms with Gasteiger partial charge in [-0.1, -0.05) is 23.7 Å². The molecule has 0 radical (unpaired) electrons. The van der Waals surface area contributed by atoms with Crippen molar-refractivity contribution in [3.05, 3.63) is 41.6 Å². The number of anilines is 2. The van der Waals surface area contributed by atoms with E-state index in [0.29, 0.717) is 17.0 Å². The van der Waals surface area contributed by atoms with Crippen LogP contribution in [-0.4, -0.2) is 54.8 Å². The molecule has 33 heavy (non-hydrogen) atoms. The largest absolute Gasteiger partial charge is 0.385 e. The van der Waals surface area contributed by atoms with Gasteiger partial charge in [0, 0.05) is 49.3 Å². The molecule has 178 valence electrons. The molecule has 3 fully saturated rings. The lowest BCUT2D eigenvalue weighted by atomic mass is 9.90. The van der Waals surface area contributed by atoms with Crippen LogP contribution < -0.4 is 10.6 Å². The molecule has 0 bridgehead atoms. The van der Waals surface area contributed by atoms with Crippen molar-refractivity contribution >= 4 is 23.1 Å². The quantitative estimate of drug-likeness (QED) is 0.517. The van der Waals surface area contributed by atoms with E-state index in [4.69, 9.17) is 16.3 Å². The van der Waals surface area contributed by atoms with Crippen LogP contribution in [0.3, 0.4) is 0 Å². The molecule has 2 N–H and O–H groups in total. The number of ether oxygens (including phenoxy) is 1. The highest BCUT2D eigenvalue weighted by molar-refractivity contribution is 6.33. The van der Waals surface area contributed by atoms with Crippen LogP contribution in [0, 0.1) is 5.92 Å². The van der Waals surface area contributed by atoms with Gasteiger partial charge >= 0.3 is 0 Å². The van der Waals surface area contributed by atoms with E-state index in [0.717, 1.165) is 61.3 Å². The van der Waals surface area contributed by atoms with Gasteiger partial charge in [0.1, 0.15) is 5.82 Å². The third-order valence-corrected chi connectivity index (χ3v) is 7.97. The van der Waals surface area contributed by atoms with Crippen molar-refractivity contribution in [2.75, 3.05) is 43.5 Å². The maximum absolute atomic E-state index is 6.59. The Bertz CT molecular complexity index is 903. The second-order valence-corrected chi connectivity index (χ2v) is 10.4. The van der Waals surface area contributed by atoms with Gasteiger partial charge in [-0.05, 0) is 94.1 Å². The van der Waals surface area contributed by atoms with E-state index in [2.05, 4.69) is 50.8 Å². The summed E-state index contributed by atoms with van der Waals surface area (Å²) >= 11 is 6.59. The van der Waals surface area contributed by atoms with Gasteiger partial charge in [-0.15, -0.1) is 0 Å². The van der Waals surface area contributed by atoms with Crippen LogP contribution in [0.2, 0.25) is 5.02 Å². The van der Waals surface area contributed by atoms with Gasteiger partial charge in [0.2, 0.25) is 0 Å². The molecule has 1 aliphatic carbocycles. The summed E-state index contributed by atoms with van der Waals surface area (Å²) in [6, 6.07) is 12.0. The summed E-state index contributed by atoms with van der Waals surface area (Å²) in [5, 5.41) is 8.01. The van der Waals surface area contributed by atoms with Gasteiger partial charge in [-0.3, -0.25) is 0 Å². The molecule has 0 unspecified atom stereocenters. The molecule has 2 aromatic rings. The van der Waals surface area contributed by atoms with Gasteiger partial charge in [0.25, 0.3) is 0 Å². The summed E-state index contributed by atoms with van der Waals surface area (Å²) in [4.78, 5) is 7.30. The number of nitrogens with zero attached hydrogens (tertiary/aromatic N) is 2. The fourth-order valence-corrected chi connectivity index (χ4v) is 5.86. The maximum atomic E-state index is 6.59. The summed E-state index contributed by atoms with van der Waals surface area (Å²) < 4.78 is 5.48. The molecule has 1 saturated carbocycles. The molecule has 6 heteroatoms. The summed E-state index contributed by atoms with van der Waals surface area (Å²) in [6.07, 6.45) is 11.8.